The van der Waals surface area contributed by atoms with Crippen LogP contribution in [0, 0.1) is 0 Å². The Morgan fingerprint density at radius 3 is 2.70 bits per heavy atom. The van der Waals surface area contributed by atoms with Gasteiger partial charge < -0.3 is 10.3 Å². The van der Waals surface area contributed by atoms with Crippen molar-refractivity contribution >= 4 is 27.6 Å². The van der Waals surface area contributed by atoms with Gasteiger partial charge in [-0.05, 0) is 37.8 Å². The Labute approximate surface area is 156 Å². The number of anilines is 1. The summed E-state index contributed by atoms with van der Waals surface area (Å²) in [6.45, 7) is 6.49. The van der Waals surface area contributed by atoms with Gasteiger partial charge in [-0.25, -0.2) is 14.6 Å². The molecule has 0 aliphatic rings. The largest absolute Gasteiger partial charge is 0.383 e. The number of pyridine rings is 1. The summed E-state index contributed by atoms with van der Waals surface area (Å²) in [5, 5.41) is 7.13. The van der Waals surface area contributed by atoms with Crippen molar-refractivity contribution in [1.82, 2.24) is 24.3 Å². The third-order valence-corrected chi connectivity index (χ3v) is 4.84. The molecule has 7 nitrogen and oxygen atoms in total. The van der Waals surface area contributed by atoms with E-state index in [2.05, 4.69) is 16.0 Å². The van der Waals surface area contributed by atoms with E-state index in [9.17, 15) is 4.79 Å². The topological polar surface area (TPSA) is 91.6 Å². The van der Waals surface area contributed by atoms with Crippen LogP contribution in [-0.4, -0.2) is 24.3 Å². The fraction of sp³-hybridized carbons (Fsp3) is 0.300. The van der Waals surface area contributed by atoms with Crippen LogP contribution in [0.5, 0.6) is 0 Å². The minimum absolute atomic E-state index is 0.0133. The zero-order chi connectivity index (χ0) is 19.1. The molecule has 0 fully saturated rings. The molecule has 4 aromatic rings. The molecule has 0 saturated heterocycles. The van der Waals surface area contributed by atoms with Crippen molar-refractivity contribution in [3.05, 3.63) is 58.4 Å². The summed E-state index contributed by atoms with van der Waals surface area (Å²) in [6, 6.07) is 9.75. The summed E-state index contributed by atoms with van der Waals surface area (Å²) >= 11 is 0. The van der Waals surface area contributed by atoms with E-state index in [1.54, 1.807) is 0 Å². The summed E-state index contributed by atoms with van der Waals surface area (Å²) in [7, 11) is 0. The second-order valence-corrected chi connectivity index (χ2v) is 6.91. The Kier molecular flexibility index (Phi) is 4.14. The van der Waals surface area contributed by atoms with Crippen molar-refractivity contribution in [2.45, 2.75) is 39.8 Å². The van der Waals surface area contributed by atoms with E-state index in [-0.39, 0.29) is 11.6 Å². The number of aromatic nitrogens is 5. The van der Waals surface area contributed by atoms with E-state index in [1.165, 1.54) is 6.33 Å². The van der Waals surface area contributed by atoms with Crippen molar-refractivity contribution in [2.24, 2.45) is 0 Å². The summed E-state index contributed by atoms with van der Waals surface area (Å²) < 4.78 is 3.64. The highest BCUT2D eigenvalue weighted by molar-refractivity contribution is 5.88. The maximum absolute atomic E-state index is 13.0. The average molecular weight is 362 g/mol. The van der Waals surface area contributed by atoms with Crippen molar-refractivity contribution in [3.63, 3.8) is 0 Å². The molecule has 2 N–H and O–H groups in total. The van der Waals surface area contributed by atoms with Gasteiger partial charge in [0.1, 0.15) is 12.1 Å². The van der Waals surface area contributed by atoms with Gasteiger partial charge in [-0.15, -0.1) is 0 Å². The molecule has 0 unspecified atom stereocenters. The third kappa shape index (κ3) is 2.75. The van der Waals surface area contributed by atoms with E-state index >= 15 is 0 Å². The molecule has 1 aromatic carbocycles. The van der Waals surface area contributed by atoms with Gasteiger partial charge >= 0.3 is 0 Å². The van der Waals surface area contributed by atoms with Gasteiger partial charge in [0.2, 0.25) is 0 Å². The molecule has 0 spiro atoms. The minimum Gasteiger partial charge on any atom is -0.383 e. The lowest BCUT2D eigenvalue weighted by Crippen LogP contribution is -2.26. The molecule has 0 bridgehead atoms. The minimum atomic E-state index is 0.0133. The Hall–Kier alpha value is -3.22. The molecule has 0 amide bonds. The highest BCUT2D eigenvalue weighted by Crippen LogP contribution is 2.23. The summed E-state index contributed by atoms with van der Waals surface area (Å²) in [4.78, 5) is 21.5. The standard InChI is InChI=1S/C20H22N6O/c1-4-16-17-18(21)22-11-23-19(17)25(24-16)10-14-9-13-7-5-6-8-15(13)20(27)26(14)12(2)3/h5-9,11-12H,4,10H2,1-3H3,(H2,21,22,23). The number of fused-ring (bicyclic) bond motifs is 2. The van der Waals surface area contributed by atoms with Crippen LogP contribution in [0.15, 0.2) is 41.5 Å². The number of nitrogen functional groups attached to an aromatic ring is 1. The van der Waals surface area contributed by atoms with Crippen LogP contribution < -0.4 is 11.3 Å². The van der Waals surface area contributed by atoms with E-state index in [0.717, 1.165) is 34.0 Å². The molecule has 0 aliphatic heterocycles. The molecular weight excluding hydrogens is 340 g/mol. The van der Waals surface area contributed by atoms with Gasteiger partial charge in [-0.2, -0.15) is 5.10 Å². The zero-order valence-corrected chi connectivity index (χ0v) is 15.7. The first kappa shape index (κ1) is 17.2. The van der Waals surface area contributed by atoms with Crippen LogP contribution >= 0.6 is 0 Å². The first-order chi connectivity index (χ1) is 13.0. The molecule has 7 heteroatoms. The zero-order valence-electron chi connectivity index (χ0n) is 15.7. The lowest BCUT2D eigenvalue weighted by Gasteiger charge is -2.18. The molecule has 0 aliphatic carbocycles. The van der Waals surface area contributed by atoms with Gasteiger partial charge in [-0.3, -0.25) is 4.79 Å². The van der Waals surface area contributed by atoms with Crippen molar-refractivity contribution in [1.29, 1.82) is 0 Å². The average Bonchev–Trinajstić information content (AvgIpc) is 3.01. The van der Waals surface area contributed by atoms with Crippen LogP contribution in [0.3, 0.4) is 0 Å². The van der Waals surface area contributed by atoms with Crippen LogP contribution in [0.25, 0.3) is 21.8 Å². The second-order valence-electron chi connectivity index (χ2n) is 6.91. The van der Waals surface area contributed by atoms with Crippen LogP contribution in [0.4, 0.5) is 5.82 Å². The number of benzene rings is 1. The predicted molar refractivity (Wildman–Crippen MR) is 107 cm³/mol. The van der Waals surface area contributed by atoms with E-state index in [1.807, 2.05) is 54.3 Å². The summed E-state index contributed by atoms with van der Waals surface area (Å²) in [5.74, 6) is 0.433. The molecule has 27 heavy (non-hydrogen) atoms. The summed E-state index contributed by atoms with van der Waals surface area (Å²) in [5.41, 5.74) is 8.51. The van der Waals surface area contributed by atoms with Crippen molar-refractivity contribution in [3.8, 4) is 0 Å². The predicted octanol–water partition coefficient (Wildman–Crippen LogP) is 2.92. The smallest absolute Gasteiger partial charge is 0.258 e. The SMILES string of the molecule is CCc1nn(Cc2cc3ccccc3c(=O)n2C(C)C)c2ncnc(N)c12. The van der Waals surface area contributed by atoms with E-state index in [4.69, 9.17) is 10.8 Å². The lowest BCUT2D eigenvalue weighted by molar-refractivity contribution is 0.532. The highest BCUT2D eigenvalue weighted by Gasteiger charge is 2.17. The number of aryl methyl sites for hydroxylation is 1. The van der Waals surface area contributed by atoms with E-state index in [0.29, 0.717) is 18.0 Å². The number of nitrogens with zero attached hydrogens (tertiary/aromatic N) is 5. The second kappa shape index (κ2) is 6.50. The number of hydrogen-bond donors (Lipinski definition) is 1. The normalized spacial score (nSPS) is 11.7. The first-order valence-electron chi connectivity index (χ1n) is 9.10. The Balaban J connectivity index is 1.94. The Morgan fingerprint density at radius 2 is 1.96 bits per heavy atom. The molecule has 0 radical (unpaired) electrons. The molecule has 0 saturated carbocycles. The van der Waals surface area contributed by atoms with Crippen LogP contribution in [0.1, 0.15) is 38.2 Å². The summed E-state index contributed by atoms with van der Waals surface area (Å²) in [6.07, 6.45) is 2.18. The molecule has 4 rings (SSSR count). The van der Waals surface area contributed by atoms with Gasteiger partial charge in [0, 0.05) is 17.1 Å². The van der Waals surface area contributed by atoms with Gasteiger partial charge in [0.05, 0.1) is 17.6 Å². The maximum atomic E-state index is 13.0. The van der Waals surface area contributed by atoms with Crippen molar-refractivity contribution in [2.75, 3.05) is 5.73 Å². The van der Waals surface area contributed by atoms with Crippen LogP contribution in [-0.2, 0) is 13.0 Å². The Bertz CT molecular complexity index is 1200. The fourth-order valence-electron chi connectivity index (χ4n) is 3.63. The molecule has 138 valence electrons. The fourth-order valence-corrected chi connectivity index (χ4v) is 3.63. The maximum Gasteiger partial charge on any atom is 0.258 e. The lowest BCUT2D eigenvalue weighted by atomic mass is 10.1. The molecular formula is C20H22N6O. The van der Waals surface area contributed by atoms with Crippen molar-refractivity contribution < 1.29 is 0 Å². The van der Waals surface area contributed by atoms with Gasteiger partial charge in [0.25, 0.3) is 5.56 Å². The molecule has 3 heterocycles. The molecule has 3 aromatic heterocycles. The quantitative estimate of drug-likeness (QED) is 0.603. The highest BCUT2D eigenvalue weighted by atomic mass is 16.1. The number of rotatable bonds is 4. The van der Waals surface area contributed by atoms with Gasteiger partial charge in [0.15, 0.2) is 5.65 Å². The van der Waals surface area contributed by atoms with Crippen LogP contribution in [0.2, 0.25) is 0 Å². The van der Waals surface area contributed by atoms with E-state index < -0.39 is 0 Å². The first-order valence-corrected chi connectivity index (χ1v) is 9.10. The third-order valence-electron chi connectivity index (χ3n) is 4.84. The Morgan fingerprint density at radius 1 is 1.19 bits per heavy atom. The van der Waals surface area contributed by atoms with Gasteiger partial charge in [-0.1, -0.05) is 25.1 Å². The monoisotopic (exact) mass is 362 g/mol. The number of nitrogens with two attached hydrogens (primary N) is 1. The molecule has 0 atom stereocenters. The number of hydrogen-bond acceptors (Lipinski definition) is 5.